The minimum absolute atomic E-state index is 0.121. The number of carboxylic acids is 1. The number of likely N-dealkylation sites (tertiary alicyclic amines) is 1. The standard InChI is InChI=1S/C35H42N4O6/c1-23(27-7-5-4-6-8-27)37-35(43)39-32(34(41)42)30(33(39)40)19-26-17-18-36-31(20-26)38(21-24-9-13-28(44-2)14-10-24)22-25-11-15-29(45-3)16-12-25/h9-18,20,23,27,30,32H,4-8,19,21-22H2,1-3H3,(H,37,43)(H,41,42)/t23?,30-,32+/m1/s1. The van der Waals surface area contributed by atoms with E-state index in [9.17, 15) is 19.5 Å². The molecule has 238 valence electrons. The SMILES string of the molecule is COc1ccc(CN(Cc2ccc(OC)cc2)c2cc(C[C@H]3C(=O)N(C(=O)NC(C)C4CCCCC4)[C@@H]3C(=O)O)ccn2)cc1. The van der Waals surface area contributed by atoms with Gasteiger partial charge in [-0.2, -0.15) is 0 Å². The molecule has 1 aliphatic carbocycles. The zero-order valence-corrected chi connectivity index (χ0v) is 26.1. The fourth-order valence-electron chi connectivity index (χ4n) is 6.41. The lowest BCUT2D eigenvalue weighted by Crippen LogP contribution is -2.69. The number of nitrogens with zero attached hydrogens (tertiary/aromatic N) is 3. The number of β-lactam (4-membered cyclic amide) rings is 1. The fraction of sp³-hybridized carbons (Fsp3) is 0.429. The van der Waals surface area contributed by atoms with E-state index in [1.807, 2.05) is 61.5 Å². The Kier molecular flexibility index (Phi) is 10.2. The van der Waals surface area contributed by atoms with Gasteiger partial charge in [-0.25, -0.2) is 19.5 Å². The van der Waals surface area contributed by atoms with Gasteiger partial charge >= 0.3 is 12.0 Å². The number of carboxylic acid groups (broad SMARTS) is 1. The number of amides is 3. The van der Waals surface area contributed by atoms with Gasteiger partial charge in [0.15, 0.2) is 6.04 Å². The molecule has 2 aliphatic rings. The highest BCUT2D eigenvalue weighted by molar-refractivity contribution is 6.07. The van der Waals surface area contributed by atoms with Crippen LogP contribution in [0.25, 0.3) is 0 Å². The summed E-state index contributed by atoms with van der Waals surface area (Å²) in [6, 6.07) is 17.4. The minimum Gasteiger partial charge on any atom is -0.497 e. The second kappa shape index (κ2) is 14.5. The molecular weight excluding hydrogens is 572 g/mol. The Morgan fingerprint density at radius 1 is 0.933 bits per heavy atom. The molecule has 1 aromatic heterocycles. The molecule has 3 aromatic rings. The van der Waals surface area contributed by atoms with Crippen molar-refractivity contribution in [3.63, 3.8) is 0 Å². The molecule has 0 bridgehead atoms. The van der Waals surface area contributed by atoms with Crippen LogP contribution in [0.3, 0.4) is 0 Å². The number of imide groups is 1. The van der Waals surface area contributed by atoms with Gasteiger partial charge in [-0.05, 0) is 85.2 Å². The van der Waals surface area contributed by atoms with Crippen molar-refractivity contribution in [1.29, 1.82) is 0 Å². The lowest BCUT2D eigenvalue weighted by molar-refractivity contribution is -0.165. The van der Waals surface area contributed by atoms with Gasteiger partial charge in [0, 0.05) is 25.3 Å². The van der Waals surface area contributed by atoms with E-state index in [0.717, 1.165) is 58.8 Å². The van der Waals surface area contributed by atoms with Gasteiger partial charge in [-0.3, -0.25) is 4.79 Å². The number of aliphatic carboxylic acids is 1. The third-order valence-corrected chi connectivity index (χ3v) is 9.05. The summed E-state index contributed by atoms with van der Waals surface area (Å²) < 4.78 is 10.6. The summed E-state index contributed by atoms with van der Waals surface area (Å²) >= 11 is 0. The van der Waals surface area contributed by atoms with E-state index in [0.29, 0.717) is 24.8 Å². The predicted molar refractivity (Wildman–Crippen MR) is 170 cm³/mol. The molecule has 10 heteroatoms. The molecule has 45 heavy (non-hydrogen) atoms. The van der Waals surface area contributed by atoms with E-state index in [4.69, 9.17) is 9.47 Å². The molecule has 5 rings (SSSR count). The monoisotopic (exact) mass is 614 g/mol. The van der Waals surface area contributed by atoms with E-state index in [2.05, 4.69) is 15.2 Å². The van der Waals surface area contributed by atoms with Crippen LogP contribution in [-0.2, 0) is 29.1 Å². The Balaban J connectivity index is 1.32. The fourth-order valence-corrected chi connectivity index (χ4v) is 6.41. The molecule has 10 nitrogen and oxygen atoms in total. The van der Waals surface area contributed by atoms with Crippen molar-refractivity contribution in [3.05, 3.63) is 83.6 Å². The van der Waals surface area contributed by atoms with Crippen LogP contribution in [0.1, 0.15) is 55.7 Å². The van der Waals surface area contributed by atoms with Crippen molar-refractivity contribution in [2.45, 2.75) is 70.6 Å². The molecule has 1 unspecified atom stereocenters. The van der Waals surface area contributed by atoms with Gasteiger partial charge < -0.3 is 24.8 Å². The summed E-state index contributed by atoms with van der Waals surface area (Å²) in [6.07, 6.45) is 7.36. The summed E-state index contributed by atoms with van der Waals surface area (Å²) in [5.74, 6) is 0.0678. The molecule has 0 spiro atoms. The van der Waals surface area contributed by atoms with E-state index in [1.54, 1.807) is 26.5 Å². The van der Waals surface area contributed by atoms with Crippen LogP contribution in [-0.4, -0.2) is 59.2 Å². The lowest BCUT2D eigenvalue weighted by Gasteiger charge is -2.43. The summed E-state index contributed by atoms with van der Waals surface area (Å²) in [7, 11) is 3.26. The topological polar surface area (TPSA) is 121 Å². The van der Waals surface area contributed by atoms with Crippen molar-refractivity contribution >= 4 is 23.7 Å². The summed E-state index contributed by atoms with van der Waals surface area (Å²) in [5.41, 5.74) is 2.89. The van der Waals surface area contributed by atoms with Crippen LogP contribution in [0, 0.1) is 11.8 Å². The number of urea groups is 1. The average Bonchev–Trinajstić information content (AvgIpc) is 3.06. The molecule has 3 atom stereocenters. The number of carbonyl (C=O) groups excluding carboxylic acids is 2. The van der Waals surface area contributed by atoms with Crippen molar-refractivity contribution < 1.29 is 29.0 Å². The Labute approximate surface area is 264 Å². The molecule has 2 heterocycles. The summed E-state index contributed by atoms with van der Waals surface area (Å²) in [4.78, 5) is 46.3. The minimum atomic E-state index is -1.22. The number of ether oxygens (including phenoxy) is 2. The predicted octanol–water partition coefficient (Wildman–Crippen LogP) is 5.44. The van der Waals surface area contributed by atoms with Crippen molar-refractivity contribution in [2.75, 3.05) is 19.1 Å². The average molecular weight is 615 g/mol. The quantitative estimate of drug-likeness (QED) is 0.259. The van der Waals surface area contributed by atoms with Crippen molar-refractivity contribution in [2.24, 2.45) is 11.8 Å². The molecule has 2 fully saturated rings. The number of hydrogen-bond acceptors (Lipinski definition) is 7. The van der Waals surface area contributed by atoms with Crippen molar-refractivity contribution in [1.82, 2.24) is 15.2 Å². The van der Waals surface area contributed by atoms with Crippen LogP contribution < -0.4 is 19.7 Å². The normalized spacial score (nSPS) is 18.9. The maximum atomic E-state index is 13.2. The zero-order chi connectivity index (χ0) is 31.9. The molecule has 1 saturated heterocycles. The first kappa shape index (κ1) is 31.8. The molecular formula is C35H42N4O6. The lowest BCUT2D eigenvalue weighted by atomic mass is 9.82. The number of methoxy groups -OCH3 is 2. The number of aromatic nitrogens is 1. The van der Waals surface area contributed by atoms with Crippen LogP contribution in [0.15, 0.2) is 66.9 Å². The molecule has 0 radical (unpaired) electrons. The summed E-state index contributed by atoms with van der Waals surface area (Å²) in [6.45, 7) is 3.05. The number of carbonyl (C=O) groups is 3. The van der Waals surface area contributed by atoms with Gasteiger partial charge in [0.05, 0.1) is 20.1 Å². The van der Waals surface area contributed by atoms with E-state index in [-0.39, 0.29) is 12.5 Å². The van der Waals surface area contributed by atoms with E-state index < -0.39 is 29.9 Å². The third kappa shape index (κ3) is 7.56. The molecule has 2 N–H and O–H groups in total. The van der Waals surface area contributed by atoms with Crippen LogP contribution >= 0.6 is 0 Å². The highest BCUT2D eigenvalue weighted by atomic mass is 16.5. The highest BCUT2D eigenvalue weighted by Gasteiger charge is 2.54. The second-order valence-electron chi connectivity index (χ2n) is 12.0. The second-order valence-corrected chi connectivity index (χ2v) is 12.0. The third-order valence-electron chi connectivity index (χ3n) is 9.05. The molecule has 1 aliphatic heterocycles. The van der Waals surface area contributed by atoms with Gasteiger partial charge in [-0.1, -0.05) is 43.5 Å². The number of anilines is 1. The highest BCUT2D eigenvalue weighted by Crippen LogP contribution is 2.33. The number of rotatable bonds is 12. The molecule has 2 aromatic carbocycles. The van der Waals surface area contributed by atoms with Gasteiger partial charge in [-0.15, -0.1) is 0 Å². The number of hydrogen-bond donors (Lipinski definition) is 2. The smallest absolute Gasteiger partial charge is 0.327 e. The first-order valence-electron chi connectivity index (χ1n) is 15.6. The zero-order valence-electron chi connectivity index (χ0n) is 26.1. The number of nitrogens with one attached hydrogen (secondary N) is 1. The van der Waals surface area contributed by atoms with E-state index in [1.165, 1.54) is 6.42 Å². The maximum Gasteiger partial charge on any atom is 0.327 e. The van der Waals surface area contributed by atoms with Crippen LogP contribution in [0.5, 0.6) is 11.5 Å². The van der Waals surface area contributed by atoms with Crippen LogP contribution in [0.4, 0.5) is 10.6 Å². The Bertz CT molecular complexity index is 1420. The number of pyridine rings is 1. The maximum absolute atomic E-state index is 13.2. The Hall–Kier alpha value is -4.60. The summed E-state index contributed by atoms with van der Waals surface area (Å²) in [5, 5.41) is 12.9. The van der Waals surface area contributed by atoms with Crippen molar-refractivity contribution in [3.8, 4) is 11.5 Å². The first-order valence-corrected chi connectivity index (χ1v) is 15.6. The first-order chi connectivity index (χ1) is 21.8. The van der Waals surface area contributed by atoms with E-state index >= 15 is 0 Å². The van der Waals surface area contributed by atoms with Gasteiger partial charge in [0.25, 0.3) is 0 Å². The van der Waals surface area contributed by atoms with Crippen LogP contribution in [0.2, 0.25) is 0 Å². The Morgan fingerprint density at radius 2 is 1.51 bits per heavy atom. The Morgan fingerprint density at radius 3 is 2.04 bits per heavy atom. The van der Waals surface area contributed by atoms with Gasteiger partial charge in [0.2, 0.25) is 5.91 Å². The largest absolute Gasteiger partial charge is 0.497 e. The van der Waals surface area contributed by atoms with Gasteiger partial charge in [0.1, 0.15) is 17.3 Å². The molecule has 1 saturated carbocycles. The molecule has 3 amide bonds. The number of benzene rings is 2.